The van der Waals surface area contributed by atoms with Crippen LogP contribution in [0.2, 0.25) is 0 Å². The van der Waals surface area contributed by atoms with Crippen molar-refractivity contribution in [2.45, 2.75) is 33.0 Å². The number of nitrogens with zero attached hydrogens (tertiary/aromatic N) is 1. The fourth-order valence-electron chi connectivity index (χ4n) is 2.48. The number of carboxylic acids is 1. The van der Waals surface area contributed by atoms with Gasteiger partial charge in [0, 0.05) is 6.54 Å². The van der Waals surface area contributed by atoms with E-state index in [0.717, 1.165) is 11.1 Å². The van der Waals surface area contributed by atoms with E-state index in [4.69, 9.17) is 14.6 Å². The van der Waals surface area contributed by atoms with Crippen molar-refractivity contribution in [2.75, 3.05) is 19.7 Å². The molecule has 1 aliphatic rings. The summed E-state index contributed by atoms with van der Waals surface area (Å²) < 4.78 is 10.8. The van der Waals surface area contributed by atoms with Crippen LogP contribution in [-0.4, -0.2) is 53.8 Å². The lowest BCUT2D eigenvalue weighted by Gasteiger charge is -2.34. The molecule has 1 aliphatic heterocycles. The zero-order valence-corrected chi connectivity index (χ0v) is 13.0. The van der Waals surface area contributed by atoms with Crippen LogP contribution in [0.15, 0.2) is 18.2 Å². The smallest absolute Gasteiger partial charge is 0.334 e. The Balaban J connectivity index is 1.95. The molecule has 0 radical (unpaired) electrons. The predicted molar refractivity (Wildman–Crippen MR) is 80.0 cm³/mol. The predicted octanol–water partition coefficient (Wildman–Crippen LogP) is 1.38. The Bertz CT molecular complexity index is 572. The highest BCUT2D eigenvalue weighted by molar-refractivity contribution is 5.80. The first kappa shape index (κ1) is 16.3. The van der Waals surface area contributed by atoms with E-state index in [1.165, 1.54) is 4.90 Å². The standard InChI is InChI=1S/C16H21NO5/c1-10-4-5-13(11(2)6-10)21-9-15(18)17-7-12(3)22-14(8-17)16(19)20/h4-6,12,14H,7-9H2,1-3H3,(H,19,20)/t12-,14?/m1/s1. The van der Waals surface area contributed by atoms with Crippen molar-refractivity contribution >= 4 is 11.9 Å². The van der Waals surface area contributed by atoms with Crippen LogP contribution < -0.4 is 4.74 Å². The van der Waals surface area contributed by atoms with E-state index in [0.29, 0.717) is 12.3 Å². The van der Waals surface area contributed by atoms with Gasteiger partial charge in [0.1, 0.15) is 5.75 Å². The van der Waals surface area contributed by atoms with Crippen LogP contribution in [0.4, 0.5) is 0 Å². The highest BCUT2D eigenvalue weighted by atomic mass is 16.5. The van der Waals surface area contributed by atoms with Crippen molar-refractivity contribution in [3.63, 3.8) is 0 Å². The normalized spacial score (nSPS) is 21.5. The van der Waals surface area contributed by atoms with E-state index < -0.39 is 12.1 Å². The Labute approximate surface area is 129 Å². The number of morpholine rings is 1. The minimum absolute atomic E-state index is 0.0503. The third kappa shape index (κ3) is 3.98. The molecule has 6 heteroatoms. The first-order valence-electron chi connectivity index (χ1n) is 7.23. The molecular weight excluding hydrogens is 286 g/mol. The molecule has 0 aliphatic carbocycles. The molecule has 0 bridgehead atoms. The molecule has 6 nitrogen and oxygen atoms in total. The summed E-state index contributed by atoms with van der Waals surface area (Å²) in [5.41, 5.74) is 2.09. The molecule has 1 unspecified atom stereocenters. The molecule has 2 rings (SSSR count). The van der Waals surface area contributed by atoms with Gasteiger partial charge in [-0.05, 0) is 32.4 Å². The van der Waals surface area contributed by atoms with Crippen molar-refractivity contribution in [1.29, 1.82) is 0 Å². The molecule has 2 atom stereocenters. The summed E-state index contributed by atoms with van der Waals surface area (Å²) in [5.74, 6) is -0.629. The van der Waals surface area contributed by atoms with Crippen LogP contribution in [0, 0.1) is 13.8 Å². The molecule has 1 amide bonds. The third-order valence-electron chi connectivity index (χ3n) is 3.57. The van der Waals surface area contributed by atoms with Crippen molar-refractivity contribution in [3.05, 3.63) is 29.3 Å². The summed E-state index contributed by atoms with van der Waals surface area (Å²) in [6, 6.07) is 5.74. The average molecular weight is 307 g/mol. The first-order chi connectivity index (χ1) is 10.4. The van der Waals surface area contributed by atoms with Crippen LogP contribution in [0.1, 0.15) is 18.1 Å². The number of amides is 1. The second kappa shape index (κ2) is 6.79. The fourth-order valence-corrected chi connectivity index (χ4v) is 2.48. The number of aliphatic carboxylic acids is 1. The number of hydrogen-bond acceptors (Lipinski definition) is 4. The fraction of sp³-hybridized carbons (Fsp3) is 0.500. The summed E-state index contributed by atoms with van der Waals surface area (Å²) in [6.07, 6.45) is -1.28. The van der Waals surface area contributed by atoms with Crippen molar-refractivity contribution in [1.82, 2.24) is 4.90 Å². The molecule has 1 aromatic carbocycles. The second-order valence-electron chi connectivity index (χ2n) is 5.63. The van der Waals surface area contributed by atoms with Crippen LogP contribution >= 0.6 is 0 Å². The topological polar surface area (TPSA) is 76.1 Å². The summed E-state index contributed by atoms with van der Waals surface area (Å²) in [6.45, 7) is 5.98. The Morgan fingerprint density at radius 1 is 1.36 bits per heavy atom. The highest BCUT2D eigenvalue weighted by Gasteiger charge is 2.32. The van der Waals surface area contributed by atoms with E-state index in [-0.39, 0.29) is 25.2 Å². The molecule has 120 valence electrons. The third-order valence-corrected chi connectivity index (χ3v) is 3.57. The molecule has 0 aromatic heterocycles. The van der Waals surface area contributed by atoms with E-state index in [1.807, 2.05) is 32.0 Å². The minimum Gasteiger partial charge on any atom is -0.484 e. The lowest BCUT2D eigenvalue weighted by Crippen LogP contribution is -2.52. The van der Waals surface area contributed by atoms with Gasteiger partial charge in [0.2, 0.25) is 0 Å². The minimum atomic E-state index is -1.06. The van der Waals surface area contributed by atoms with Crippen LogP contribution in [0.5, 0.6) is 5.75 Å². The van der Waals surface area contributed by atoms with Gasteiger partial charge in [0.15, 0.2) is 12.7 Å². The molecule has 1 N–H and O–H groups in total. The Kier molecular flexibility index (Phi) is 5.03. The molecule has 0 spiro atoms. The summed E-state index contributed by atoms with van der Waals surface area (Å²) in [5, 5.41) is 9.03. The summed E-state index contributed by atoms with van der Waals surface area (Å²) >= 11 is 0. The van der Waals surface area contributed by atoms with Gasteiger partial charge >= 0.3 is 5.97 Å². The van der Waals surface area contributed by atoms with E-state index >= 15 is 0 Å². The number of rotatable bonds is 4. The average Bonchev–Trinajstić information content (AvgIpc) is 2.45. The maximum atomic E-state index is 12.2. The SMILES string of the molecule is Cc1ccc(OCC(=O)N2CC(C(=O)O)O[C@H](C)C2)c(C)c1. The van der Waals surface area contributed by atoms with Gasteiger partial charge < -0.3 is 19.5 Å². The Morgan fingerprint density at radius 2 is 2.09 bits per heavy atom. The number of carboxylic acid groups (broad SMARTS) is 1. The summed E-state index contributed by atoms with van der Waals surface area (Å²) in [4.78, 5) is 24.7. The van der Waals surface area contributed by atoms with Crippen LogP contribution in [0.3, 0.4) is 0 Å². The first-order valence-corrected chi connectivity index (χ1v) is 7.23. The second-order valence-corrected chi connectivity index (χ2v) is 5.63. The van der Waals surface area contributed by atoms with Crippen molar-refractivity contribution < 1.29 is 24.2 Å². The molecule has 1 fully saturated rings. The van der Waals surface area contributed by atoms with Gasteiger partial charge in [-0.25, -0.2) is 4.79 Å². The lowest BCUT2D eigenvalue weighted by atomic mass is 10.1. The van der Waals surface area contributed by atoms with Crippen molar-refractivity contribution in [2.24, 2.45) is 0 Å². The maximum absolute atomic E-state index is 12.2. The number of aryl methyl sites for hydroxylation is 2. The van der Waals surface area contributed by atoms with Gasteiger partial charge in [-0.3, -0.25) is 4.79 Å². The number of benzene rings is 1. The van der Waals surface area contributed by atoms with Gasteiger partial charge in [-0.1, -0.05) is 17.7 Å². The number of carbonyl (C=O) groups excluding carboxylic acids is 1. The Hall–Kier alpha value is -2.08. The number of hydrogen-bond donors (Lipinski definition) is 1. The Morgan fingerprint density at radius 3 is 2.73 bits per heavy atom. The van der Waals surface area contributed by atoms with Crippen molar-refractivity contribution in [3.8, 4) is 5.75 Å². The lowest BCUT2D eigenvalue weighted by molar-refractivity contribution is -0.167. The number of ether oxygens (including phenoxy) is 2. The van der Waals surface area contributed by atoms with Gasteiger partial charge in [0.05, 0.1) is 12.6 Å². The van der Waals surface area contributed by atoms with Gasteiger partial charge in [0.25, 0.3) is 5.91 Å². The zero-order chi connectivity index (χ0) is 16.3. The zero-order valence-electron chi connectivity index (χ0n) is 13.0. The molecule has 1 saturated heterocycles. The van der Waals surface area contributed by atoms with E-state index in [1.54, 1.807) is 6.92 Å². The molecule has 1 aromatic rings. The highest BCUT2D eigenvalue weighted by Crippen LogP contribution is 2.19. The largest absolute Gasteiger partial charge is 0.484 e. The van der Waals surface area contributed by atoms with Gasteiger partial charge in [-0.15, -0.1) is 0 Å². The molecule has 22 heavy (non-hydrogen) atoms. The maximum Gasteiger partial charge on any atom is 0.334 e. The molecular formula is C16H21NO5. The van der Waals surface area contributed by atoms with Gasteiger partial charge in [-0.2, -0.15) is 0 Å². The quantitative estimate of drug-likeness (QED) is 0.909. The van der Waals surface area contributed by atoms with E-state index in [2.05, 4.69) is 0 Å². The number of carbonyl (C=O) groups is 2. The summed E-state index contributed by atoms with van der Waals surface area (Å²) in [7, 11) is 0. The monoisotopic (exact) mass is 307 g/mol. The molecule has 1 heterocycles. The van der Waals surface area contributed by atoms with E-state index in [9.17, 15) is 9.59 Å². The van der Waals surface area contributed by atoms with Crippen LogP contribution in [0.25, 0.3) is 0 Å². The molecule has 0 saturated carbocycles. The van der Waals surface area contributed by atoms with Crippen LogP contribution in [-0.2, 0) is 14.3 Å².